The van der Waals surface area contributed by atoms with E-state index >= 15 is 0 Å². The van der Waals surface area contributed by atoms with Crippen LogP contribution in [0.15, 0.2) is 22.7 Å². The van der Waals surface area contributed by atoms with Crippen LogP contribution in [-0.4, -0.2) is 10.1 Å². The van der Waals surface area contributed by atoms with Gasteiger partial charge in [-0.1, -0.05) is 19.0 Å². The van der Waals surface area contributed by atoms with Gasteiger partial charge in [-0.2, -0.15) is 18.2 Å². The Labute approximate surface area is 107 Å². The number of rotatable bonds is 2. The van der Waals surface area contributed by atoms with Crippen molar-refractivity contribution in [1.29, 1.82) is 0 Å². The number of hydrogen-bond acceptors (Lipinski definition) is 4. The molecule has 2 aromatic rings. The summed E-state index contributed by atoms with van der Waals surface area (Å²) >= 11 is 0. The summed E-state index contributed by atoms with van der Waals surface area (Å²) in [5.41, 5.74) is 5.10. The van der Waals surface area contributed by atoms with Crippen molar-refractivity contribution in [2.45, 2.75) is 25.9 Å². The van der Waals surface area contributed by atoms with Gasteiger partial charge in [0.25, 0.3) is 5.89 Å². The van der Waals surface area contributed by atoms with E-state index in [1.165, 1.54) is 6.07 Å². The lowest BCUT2D eigenvalue weighted by atomic mass is 10.1. The summed E-state index contributed by atoms with van der Waals surface area (Å²) in [6.07, 6.45) is -4.44. The lowest BCUT2D eigenvalue weighted by Gasteiger charge is -2.08. The molecule has 0 saturated carbocycles. The summed E-state index contributed by atoms with van der Waals surface area (Å²) < 4.78 is 42.9. The molecule has 0 unspecified atom stereocenters. The molecule has 102 valence electrons. The quantitative estimate of drug-likeness (QED) is 0.849. The molecule has 1 aromatic heterocycles. The summed E-state index contributed by atoms with van der Waals surface area (Å²) in [4.78, 5) is 4.04. The Kier molecular flexibility index (Phi) is 3.21. The van der Waals surface area contributed by atoms with Crippen LogP contribution in [0.2, 0.25) is 0 Å². The third-order valence-electron chi connectivity index (χ3n) is 2.57. The Hall–Kier alpha value is -2.05. The van der Waals surface area contributed by atoms with Crippen molar-refractivity contribution in [3.63, 3.8) is 0 Å². The molecule has 0 aliphatic carbocycles. The van der Waals surface area contributed by atoms with Crippen molar-refractivity contribution in [3.05, 3.63) is 29.6 Å². The first-order chi connectivity index (χ1) is 8.79. The Balaban J connectivity index is 2.48. The number of nitrogen functional groups attached to an aromatic ring is 1. The number of nitrogens with two attached hydrogens (primary N) is 1. The number of anilines is 1. The SMILES string of the molecule is CC(C)c1noc(-c2cc(C(F)(F)F)ccc2N)n1. The zero-order valence-corrected chi connectivity index (χ0v) is 10.3. The number of halogens is 3. The van der Waals surface area contributed by atoms with Gasteiger partial charge in [-0.05, 0) is 18.2 Å². The molecule has 0 radical (unpaired) electrons. The fourth-order valence-corrected chi connectivity index (χ4v) is 1.50. The van der Waals surface area contributed by atoms with Crippen molar-refractivity contribution in [2.24, 2.45) is 0 Å². The van der Waals surface area contributed by atoms with Gasteiger partial charge in [-0.3, -0.25) is 0 Å². The molecule has 4 nitrogen and oxygen atoms in total. The van der Waals surface area contributed by atoms with E-state index in [1.807, 2.05) is 13.8 Å². The van der Waals surface area contributed by atoms with Gasteiger partial charge in [0.05, 0.1) is 11.1 Å². The molecule has 0 fully saturated rings. The third kappa shape index (κ3) is 2.69. The zero-order valence-electron chi connectivity index (χ0n) is 10.3. The van der Waals surface area contributed by atoms with Crippen molar-refractivity contribution in [1.82, 2.24) is 10.1 Å². The highest BCUT2D eigenvalue weighted by atomic mass is 19.4. The number of hydrogen-bond donors (Lipinski definition) is 1. The molecule has 7 heteroatoms. The smallest absolute Gasteiger partial charge is 0.398 e. The fourth-order valence-electron chi connectivity index (χ4n) is 1.50. The van der Waals surface area contributed by atoms with Crippen LogP contribution in [0.25, 0.3) is 11.5 Å². The third-order valence-corrected chi connectivity index (χ3v) is 2.57. The molecule has 0 bridgehead atoms. The van der Waals surface area contributed by atoms with Crippen molar-refractivity contribution >= 4 is 5.69 Å². The normalized spacial score (nSPS) is 12.1. The van der Waals surface area contributed by atoms with Gasteiger partial charge in [-0.15, -0.1) is 0 Å². The van der Waals surface area contributed by atoms with Crippen molar-refractivity contribution < 1.29 is 17.7 Å². The van der Waals surface area contributed by atoms with Gasteiger partial charge in [-0.25, -0.2) is 0 Å². The Morgan fingerprint density at radius 2 is 1.95 bits per heavy atom. The van der Waals surface area contributed by atoms with E-state index in [1.54, 1.807) is 0 Å². The molecule has 0 atom stereocenters. The van der Waals surface area contributed by atoms with Gasteiger partial charge in [0.1, 0.15) is 0 Å². The summed E-state index contributed by atoms with van der Waals surface area (Å²) in [7, 11) is 0. The Morgan fingerprint density at radius 3 is 2.47 bits per heavy atom. The molecule has 0 spiro atoms. The van der Waals surface area contributed by atoms with E-state index in [4.69, 9.17) is 10.3 Å². The predicted octanol–water partition coefficient (Wildman–Crippen LogP) is 3.46. The van der Waals surface area contributed by atoms with Gasteiger partial charge >= 0.3 is 6.18 Å². The van der Waals surface area contributed by atoms with Crippen LogP contribution in [0.1, 0.15) is 31.2 Å². The van der Waals surface area contributed by atoms with E-state index in [0.29, 0.717) is 5.82 Å². The number of nitrogens with zero attached hydrogens (tertiary/aromatic N) is 2. The minimum Gasteiger partial charge on any atom is -0.398 e. The lowest BCUT2D eigenvalue weighted by molar-refractivity contribution is -0.137. The maximum atomic E-state index is 12.6. The van der Waals surface area contributed by atoms with Gasteiger partial charge in [0.2, 0.25) is 0 Å². The van der Waals surface area contributed by atoms with Gasteiger partial charge in [0, 0.05) is 11.6 Å². The van der Waals surface area contributed by atoms with E-state index in [9.17, 15) is 13.2 Å². The van der Waals surface area contributed by atoms with Gasteiger partial charge in [0.15, 0.2) is 5.82 Å². The van der Waals surface area contributed by atoms with E-state index < -0.39 is 11.7 Å². The first-order valence-corrected chi connectivity index (χ1v) is 5.59. The summed E-state index contributed by atoms with van der Waals surface area (Å²) in [5.74, 6) is 0.434. The minimum absolute atomic E-state index is 0.00713. The standard InChI is InChI=1S/C12H12F3N3O/c1-6(2)10-17-11(19-18-10)8-5-7(12(13,14)15)3-4-9(8)16/h3-6H,16H2,1-2H3. The molecular formula is C12H12F3N3O. The van der Waals surface area contributed by atoms with Gasteiger partial charge < -0.3 is 10.3 Å². The average molecular weight is 271 g/mol. The van der Waals surface area contributed by atoms with Crippen LogP contribution in [0.5, 0.6) is 0 Å². The van der Waals surface area contributed by atoms with E-state index in [0.717, 1.165) is 12.1 Å². The second-order valence-electron chi connectivity index (χ2n) is 4.41. The number of aromatic nitrogens is 2. The van der Waals surface area contributed by atoms with Crippen LogP contribution in [-0.2, 0) is 6.18 Å². The maximum absolute atomic E-state index is 12.6. The lowest BCUT2D eigenvalue weighted by Crippen LogP contribution is -2.05. The monoisotopic (exact) mass is 271 g/mol. The second-order valence-corrected chi connectivity index (χ2v) is 4.41. The van der Waals surface area contributed by atoms with Crippen molar-refractivity contribution in [2.75, 3.05) is 5.73 Å². The highest BCUT2D eigenvalue weighted by molar-refractivity contribution is 5.71. The summed E-state index contributed by atoms with van der Waals surface area (Å²) in [5, 5.41) is 3.70. The summed E-state index contributed by atoms with van der Waals surface area (Å²) in [6.45, 7) is 3.70. The first-order valence-electron chi connectivity index (χ1n) is 5.59. The Morgan fingerprint density at radius 1 is 1.26 bits per heavy atom. The van der Waals surface area contributed by atoms with Crippen molar-refractivity contribution in [3.8, 4) is 11.5 Å². The molecule has 2 N–H and O–H groups in total. The van der Waals surface area contributed by atoms with Crippen LogP contribution in [0, 0.1) is 0 Å². The molecule has 0 saturated heterocycles. The summed E-state index contributed by atoms with van der Waals surface area (Å²) in [6, 6.07) is 3.00. The molecular weight excluding hydrogens is 259 g/mol. The highest BCUT2D eigenvalue weighted by Gasteiger charge is 2.31. The largest absolute Gasteiger partial charge is 0.416 e. The first kappa shape index (κ1) is 13.4. The molecule has 0 amide bonds. The second kappa shape index (κ2) is 4.56. The van der Waals surface area contributed by atoms with E-state index in [2.05, 4.69) is 10.1 Å². The number of benzene rings is 1. The molecule has 2 rings (SSSR count). The zero-order chi connectivity index (χ0) is 14.2. The van der Waals surface area contributed by atoms with Crippen LogP contribution < -0.4 is 5.73 Å². The molecule has 19 heavy (non-hydrogen) atoms. The van der Waals surface area contributed by atoms with Crippen LogP contribution in [0.3, 0.4) is 0 Å². The van der Waals surface area contributed by atoms with Crippen LogP contribution >= 0.6 is 0 Å². The molecule has 1 aromatic carbocycles. The van der Waals surface area contributed by atoms with E-state index in [-0.39, 0.29) is 23.1 Å². The average Bonchev–Trinajstić information content (AvgIpc) is 2.77. The topological polar surface area (TPSA) is 64.9 Å². The Bertz CT molecular complexity index is 590. The fraction of sp³-hybridized carbons (Fsp3) is 0.333. The minimum atomic E-state index is -4.44. The highest BCUT2D eigenvalue weighted by Crippen LogP contribution is 2.34. The number of alkyl halides is 3. The molecule has 0 aliphatic heterocycles. The maximum Gasteiger partial charge on any atom is 0.416 e. The predicted molar refractivity (Wildman–Crippen MR) is 63.2 cm³/mol. The molecule has 1 heterocycles. The molecule has 0 aliphatic rings. The van der Waals surface area contributed by atoms with Crippen LogP contribution in [0.4, 0.5) is 18.9 Å².